The molecule has 0 amide bonds. The molecule has 0 aliphatic rings. The maximum absolute atomic E-state index is 14.0. The summed E-state index contributed by atoms with van der Waals surface area (Å²) in [6.07, 6.45) is -12.9. The third kappa shape index (κ3) is 4.53. The zero-order valence-corrected chi connectivity index (χ0v) is 16.6. The molecule has 0 saturated carbocycles. The molecular formula is C18H15F15O. The zero-order valence-electron chi connectivity index (χ0n) is 16.6. The number of rotatable bonds is 10. The predicted octanol–water partition coefficient (Wildman–Crippen LogP) is 7.44. The lowest BCUT2D eigenvalue weighted by Gasteiger charge is -2.41. The molecule has 0 aliphatic carbocycles. The van der Waals surface area contributed by atoms with E-state index in [9.17, 15) is 71.0 Å². The van der Waals surface area contributed by atoms with E-state index in [1.807, 2.05) is 0 Å². The van der Waals surface area contributed by atoms with E-state index in [0.29, 0.717) is 6.42 Å². The number of alkyl halides is 15. The Morgan fingerprint density at radius 3 is 1.50 bits per heavy atom. The second-order valence-corrected chi connectivity index (χ2v) is 7.24. The molecule has 1 rings (SSSR count). The summed E-state index contributed by atoms with van der Waals surface area (Å²) in [6.45, 7) is 1.55. The summed E-state index contributed by atoms with van der Waals surface area (Å²) in [7, 11) is 0. The van der Waals surface area contributed by atoms with Gasteiger partial charge in [-0.25, -0.2) is 0 Å². The van der Waals surface area contributed by atoms with Gasteiger partial charge in [-0.1, -0.05) is 37.6 Å². The van der Waals surface area contributed by atoms with Gasteiger partial charge in [-0.05, 0) is 17.5 Å². The predicted molar refractivity (Wildman–Crippen MR) is 85.8 cm³/mol. The van der Waals surface area contributed by atoms with E-state index in [-0.39, 0.29) is 12.0 Å². The van der Waals surface area contributed by atoms with E-state index < -0.39 is 59.8 Å². The fourth-order valence-electron chi connectivity index (χ4n) is 2.84. The number of benzene rings is 1. The van der Waals surface area contributed by atoms with Crippen molar-refractivity contribution < 1.29 is 71.0 Å². The number of hydrogen-bond acceptors (Lipinski definition) is 1. The Kier molecular flexibility index (Phi) is 7.96. The van der Waals surface area contributed by atoms with E-state index in [1.54, 1.807) is 6.92 Å². The number of aliphatic hydroxyl groups is 1. The molecule has 1 aromatic carbocycles. The van der Waals surface area contributed by atoms with Gasteiger partial charge in [0.25, 0.3) is 0 Å². The highest BCUT2D eigenvalue weighted by Gasteiger charge is 2.93. The third-order valence-electron chi connectivity index (χ3n) is 4.78. The first-order valence-corrected chi connectivity index (χ1v) is 9.03. The largest absolute Gasteiger partial charge is 0.460 e. The van der Waals surface area contributed by atoms with E-state index in [4.69, 9.17) is 0 Å². The van der Waals surface area contributed by atoms with Gasteiger partial charge in [0.1, 0.15) is 0 Å². The average Bonchev–Trinajstić information content (AvgIpc) is 2.66. The number of aliphatic hydroxyl groups excluding tert-OH is 1. The highest BCUT2D eigenvalue weighted by Crippen LogP contribution is 2.63. The maximum atomic E-state index is 14.0. The van der Waals surface area contributed by atoms with E-state index in [1.165, 1.54) is 12.1 Å². The van der Waals surface area contributed by atoms with Crippen LogP contribution in [0.1, 0.15) is 37.0 Å². The molecule has 1 unspecified atom stereocenters. The summed E-state index contributed by atoms with van der Waals surface area (Å²) in [6, 6.07) is 4.44. The van der Waals surface area contributed by atoms with Gasteiger partial charge < -0.3 is 5.11 Å². The minimum Gasteiger partial charge on any atom is -0.388 e. The molecule has 0 heterocycles. The van der Waals surface area contributed by atoms with Gasteiger partial charge in [0.2, 0.25) is 0 Å². The van der Waals surface area contributed by atoms with Crippen molar-refractivity contribution in [3.8, 4) is 0 Å². The van der Waals surface area contributed by atoms with Crippen molar-refractivity contribution in [1.82, 2.24) is 0 Å². The van der Waals surface area contributed by atoms with Crippen molar-refractivity contribution in [2.75, 3.05) is 0 Å². The molecule has 0 fully saturated rings. The van der Waals surface area contributed by atoms with Crippen LogP contribution in [0.15, 0.2) is 24.3 Å². The molecule has 1 nitrogen and oxygen atoms in total. The Balaban J connectivity index is 3.47. The van der Waals surface area contributed by atoms with Crippen molar-refractivity contribution in [3.63, 3.8) is 0 Å². The number of halogens is 15. The topological polar surface area (TPSA) is 20.2 Å². The van der Waals surface area contributed by atoms with Crippen molar-refractivity contribution in [3.05, 3.63) is 35.4 Å². The molecule has 1 N–H and O–H groups in total. The van der Waals surface area contributed by atoms with Crippen molar-refractivity contribution in [1.29, 1.82) is 0 Å². The summed E-state index contributed by atoms with van der Waals surface area (Å²) in [5, 5.41) is 9.83. The van der Waals surface area contributed by atoms with E-state index in [2.05, 4.69) is 0 Å². The highest BCUT2D eigenvalue weighted by atomic mass is 19.4. The Bertz CT molecular complexity index is 844. The minimum absolute atomic E-state index is 0.0299. The summed E-state index contributed by atoms with van der Waals surface area (Å²) in [5.41, 5.74) is -0.520. The molecule has 34 heavy (non-hydrogen) atoms. The first-order valence-electron chi connectivity index (χ1n) is 9.03. The molecule has 198 valence electrons. The van der Waals surface area contributed by atoms with Gasteiger partial charge in [0.15, 0.2) is 0 Å². The molecule has 1 atom stereocenters. The van der Waals surface area contributed by atoms with Crippen molar-refractivity contribution >= 4 is 0 Å². The quantitative estimate of drug-likeness (QED) is 0.311. The Morgan fingerprint density at radius 1 is 0.647 bits per heavy atom. The van der Waals surface area contributed by atoms with Crippen LogP contribution < -0.4 is 0 Å². The van der Waals surface area contributed by atoms with Crippen LogP contribution in [0.3, 0.4) is 0 Å². The maximum Gasteiger partial charge on any atom is 0.460 e. The second kappa shape index (κ2) is 8.97. The minimum atomic E-state index is -8.34. The van der Waals surface area contributed by atoms with Crippen LogP contribution in [0.4, 0.5) is 65.9 Å². The zero-order chi connectivity index (χ0) is 27.2. The third-order valence-corrected chi connectivity index (χ3v) is 4.78. The lowest BCUT2D eigenvalue weighted by molar-refractivity contribution is -0.453. The molecule has 0 spiro atoms. The van der Waals surface area contributed by atoms with Crippen LogP contribution in [0.5, 0.6) is 0 Å². The smallest absolute Gasteiger partial charge is 0.388 e. The molecule has 0 saturated heterocycles. The van der Waals surface area contributed by atoms with Gasteiger partial charge in [-0.15, -0.1) is 0 Å². The van der Waals surface area contributed by atoms with Crippen LogP contribution in [-0.2, 0) is 6.42 Å². The van der Waals surface area contributed by atoms with Gasteiger partial charge in [-0.3, -0.25) is 0 Å². The normalized spacial score (nSPS) is 16.0. The lowest BCUT2D eigenvalue weighted by Crippen LogP contribution is -2.72. The van der Waals surface area contributed by atoms with E-state index >= 15 is 0 Å². The van der Waals surface area contributed by atoms with Crippen LogP contribution in [0.2, 0.25) is 0 Å². The lowest BCUT2D eigenvalue weighted by atomic mass is 9.87. The van der Waals surface area contributed by atoms with Crippen LogP contribution >= 0.6 is 0 Å². The average molecular weight is 532 g/mol. The summed E-state index contributed by atoms with van der Waals surface area (Å²) < 4.78 is 198. The summed E-state index contributed by atoms with van der Waals surface area (Å²) in [4.78, 5) is 0. The standard InChI is InChI=1S/C18H15F15O/c1-2-5-9-6-3-4-7-10(9)11(34)8-12(19,20)13(21,22)14(23,24)15(25,26)16(27,28)17(29,30)18(31,32)33/h3-4,6-7,11,34H,2,5,8H2,1H3. The molecular weight excluding hydrogens is 517 g/mol. The first kappa shape index (κ1) is 30.2. The van der Waals surface area contributed by atoms with Gasteiger partial charge in [0.05, 0.1) is 6.10 Å². The number of aryl methyl sites for hydroxylation is 1. The highest BCUT2D eigenvalue weighted by molar-refractivity contribution is 5.29. The SMILES string of the molecule is CCCc1ccccc1C(O)CC(F)(F)C(F)(F)C(F)(F)C(F)(F)C(F)(F)C(F)(F)C(F)(F)F. The van der Waals surface area contributed by atoms with Gasteiger partial charge >= 0.3 is 41.7 Å². The van der Waals surface area contributed by atoms with Crippen LogP contribution in [-0.4, -0.2) is 46.8 Å². The molecule has 1 aromatic rings. The fourth-order valence-corrected chi connectivity index (χ4v) is 2.84. The van der Waals surface area contributed by atoms with Gasteiger partial charge in [-0.2, -0.15) is 65.9 Å². The molecule has 0 radical (unpaired) electrons. The molecule has 0 bridgehead atoms. The Morgan fingerprint density at radius 2 is 1.06 bits per heavy atom. The van der Waals surface area contributed by atoms with E-state index in [0.717, 1.165) is 12.1 Å². The van der Waals surface area contributed by atoms with Crippen LogP contribution in [0.25, 0.3) is 0 Å². The monoisotopic (exact) mass is 532 g/mol. The first-order chi connectivity index (χ1) is 14.9. The summed E-state index contributed by atoms with van der Waals surface area (Å²) >= 11 is 0. The molecule has 0 aliphatic heterocycles. The Hall–Kier alpha value is -1.87. The Labute approximate surface area is 181 Å². The van der Waals surface area contributed by atoms with Gasteiger partial charge in [0, 0.05) is 6.42 Å². The fraction of sp³-hybridized carbons (Fsp3) is 0.667. The van der Waals surface area contributed by atoms with Crippen molar-refractivity contribution in [2.24, 2.45) is 0 Å². The van der Waals surface area contributed by atoms with Crippen molar-refractivity contribution in [2.45, 2.75) is 74.0 Å². The van der Waals surface area contributed by atoms with Crippen LogP contribution in [0, 0.1) is 0 Å². The molecule has 0 aromatic heterocycles. The second-order valence-electron chi connectivity index (χ2n) is 7.24. The molecule has 16 heteroatoms. The number of hydrogen-bond donors (Lipinski definition) is 1. The summed E-state index contributed by atoms with van der Waals surface area (Å²) in [5.74, 6) is -46.9.